The van der Waals surface area contributed by atoms with E-state index in [9.17, 15) is 14.7 Å². The van der Waals surface area contributed by atoms with Crippen LogP contribution >= 0.6 is 0 Å². The van der Waals surface area contributed by atoms with E-state index in [1.807, 2.05) is 36.4 Å². The number of ether oxygens (including phenoxy) is 4. The highest BCUT2D eigenvalue weighted by Gasteiger charge is 2.34. The third kappa shape index (κ3) is 7.71. The van der Waals surface area contributed by atoms with Crippen molar-refractivity contribution in [3.63, 3.8) is 0 Å². The number of anilines is 1. The lowest BCUT2D eigenvalue weighted by molar-refractivity contribution is -0.253. The molecule has 2 aliphatic heterocycles. The summed E-state index contributed by atoms with van der Waals surface area (Å²) in [6.07, 6.45) is 0.123. The van der Waals surface area contributed by atoms with Gasteiger partial charge in [0, 0.05) is 43.7 Å². The van der Waals surface area contributed by atoms with Crippen molar-refractivity contribution in [2.75, 3.05) is 32.6 Å². The summed E-state index contributed by atoms with van der Waals surface area (Å²) in [7, 11) is 3.29. The molecule has 3 aromatic rings. The number of aliphatic carboxylic acids is 1. The van der Waals surface area contributed by atoms with E-state index in [1.54, 1.807) is 26.4 Å². The summed E-state index contributed by atoms with van der Waals surface area (Å²) < 4.78 is 24.0. The first kappa shape index (κ1) is 30.5. The number of carbonyl (C=O) groups is 2. The van der Waals surface area contributed by atoms with Gasteiger partial charge in [0.1, 0.15) is 0 Å². The van der Waals surface area contributed by atoms with Crippen LogP contribution in [0.1, 0.15) is 59.5 Å². The highest BCUT2D eigenvalue weighted by Crippen LogP contribution is 2.39. The van der Waals surface area contributed by atoms with Gasteiger partial charge in [-0.3, -0.25) is 14.5 Å². The SMILES string of the molecule is COc1cc2c(cc1OC)CN(C[C@@H]1C[C@H](c3ccc(CO)cc3)O[C@H](c3cccc(NC(=O)CCC(=O)O)c3)O1)CC2. The van der Waals surface area contributed by atoms with Gasteiger partial charge in [0.25, 0.3) is 0 Å². The molecule has 0 radical (unpaired) electrons. The molecule has 3 aromatic carbocycles. The van der Waals surface area contributed by atoms with Gasteiger partial charge in [-0.05, 0) is 52.9 Å². The molecule has 10 heteroatoms. The maximum absolute atomic E-state index is 12.3. The van der Waals surface area contributed by atoms with E-state index in [0.717, 1.165) is 42.0 Å². The summed E-state index contributed by atoms with van der Waals surface area (Å²) in [5, 5.41) is 21.2. The van der Waals surface area contributed by atoms with E-state index in [4.69, 9.17) is 24.1 Å². The number of aliphatic hydroxyl groups excluding tert-OH is 1. The highest BCUT2D eigenvalue weighted by atomic mass is 16.7. The number of benzene rings is 3. The molecule has 0 unspecified atom stereocenters. The fourth-order valence-corrected chi connectivity index (χ4v) is 5.63. The summed E-state index contributed by atoms with van der Waals surface area (Å²) in [5.41, 5.74) is 5.57. The average Bonchev–Trinajstić information content (AvgIpc) is 3.03. The number of carboxylic acids is 1. The molecule has 0 aliphatic carbocycles. The summed E-state index contributed by atoms with van der Waals surface area (Å²) in [6.45, 7) is 2.30. The lowest BCUT2D eigenvalue weighted by Crippen LogP contribution is -2.41. The number of nitrogens with one attached hydrogen (secondary N) is 1. The number of fused-ring (bicyclic) bond motifs is 1. The van der Waals surface area contributed by atoms with E-state index >= 15 is 0 Å². The number of amides is 1. The minimum Gasteiger partial charge on any atom is -0.493 e. The van der Waals surface area contributed by atoms with Crippen LogP contribution in [0.4, 0.5) is 5.69 Å². The van der Waals surface area contributed by atoms with Crippen LogP contribution in [-0.2, 0) is 38.6 Å². The van der Waals surface area contributed by atoms with Crippen molar-refractivity contribution >= 4 is 17.6 Å². The predicted octanol–water partition coefficient (Wildman–Crippen LogP) is 4.60. The van der Waals surface area contributed by atoms with Crippen molar-refractivity contribution < 1.29 is 38.7 Å². The van der Waals surface area contributed by atoms with Crippen LogP contribution in [0.15, 0.2) is 60.7 Å². The van der Waals surface area contributed by atoms with Crippen molar-refractivity contribution in [1.29, 1.82) is 0 Å². The first-order chi connectivity index (χ1) is 20.8. The minimum absolute atomic E-state index is 0.0295. The van der Waals surface area contributed by atoms with Gasteiger partial charge in [-0.2, -0.15) is 0 Å². The predicted molar refractivity (Wildman–Crippen MR) is 159 cm³/mol. The quantitative estimate of drug-likeness (QED) is 0.294. The largest absolute Gasteiger partial charge is 0.493 e. The maximum Gasteiger partial charge on any atom is 0.303 e. The molecule has 1 fully saturated rings. The fourth-order valence-electron chi connectivity index (χ4n) is 5.63. The Labute approximate surface area is 251 Å². The number of nitrogens with zero attached hydrogens (tertiary/aromatic N) is 1. The molecule has 5 rings (SSSR count). The van der Waals surface area contributed by atoms with Crippen LogP contribution in [0, 0.1) is 0 Å². The van der Waals surface area contributed by atoms with Crippen LogP contribution in [-0.4, -0.2) is 60.4 Å². The number of carboxylic acid groups (broad SMARTS) is 1. The Bertz CT molecular complexity index is 1430. The van der Waals surface area contributed by atoms with Gasteiger partial charge in [-0.1, -0.05) is 36.4 Å². The molecular weight excluding hydrogens is 552 g/mol. The van der Waals surface area contributed by atoms with Crippen molar-refractivity contribution in [2.24, 2.45) is 0 Å². The van der Waals surface area contributed by atoms with Crippen LogP contribution in [0.2, 0.25) is 0 Å². The van der Waals surface area contributed by atoms with Gasteiger partial charge in [0.05, 0.1) is 39.5 Å². The Morgan fingerprint density at radius 3 is 2.40 bits per heavy atom. The van der Waals surface area contributed by atoms with E-state index in [1.165, 1.54) is 11.1 Å². The summed E-state index contributed by atoms with van der Waals surface area (Å²) in [5.74, 6) is 0.0601. The summed E-state index contributed by atoms with van der Waals surface area (Å²) in [6, 6.07) is 19.1. The minimum atomic E-state index is -1.02. The van der Waals surface area contributed by atoms with Crippen molar-refractivity contribution in [2.45, 2.75) is 57.3 Å². The molecule has 2 heterocycles. The van der Waals surface area contributed by atoms with E-state index in [0.29, 0.717) is 24.4 Å². The van der Waals surface area contributed by atoms with Crippen molar-refractivity contribution in [3.8, 4) is 11.5 Å². The van der Waals surface area contributed by atoms with Crippen LogP contribution in [0.5, 0.6) is 11.5 Å². The van der Waals surface area contributed by atoms with Crippen LogP contribution < -0.4 is 14.8 Å². The fraction of sp³-hybridized carbons (Fsp3) is 0.394. The topological polar surface area (TPSA) is 127 Å². The zero-order chi connectivity index (χ0) is 30.3. The van der Waals surface area contributed by atoms with Gasteiger partial charge in [0.2, 0.25) is 5.91 Å². The molecule has 2 aliphatic rings. The molecule has 3 atom stereocenters. The Morgan fingerprint density at radius 1 is 0.953 bits per heavy atom. The molecule has 0 saturated carbocycles. The average molecular weight is 591 g/mol. The molecule has 3 N–H and O–H groups in total. The smallest absolute Gasteiger partial charge is 0.303 e. The number of aliphatic hydroxyl groups is 1. The second-order valence-electron chi connectivity index (χ2n) is 10.9. The molecule has 43 heavy (non-hydrogen) atoms. The number of rotatable bonds is 11. The summed E-state index contributed by atoms with van der Waals surface area (Å²) >= 11 is 0. The number of methoxy groups -OCH3 is 2. The molecule has 228 valence electrons. The van der Waals surface area contributed by atoms with Gasteiger partial charge < -0.3 is 34.5 Å². The third-order valence-electron chi connectivity index (χ3n) is 7.88. The lowest BCUT2D eigenvalue weighted by Gasteiger charge is -2.39. The van der Waals surface area contributed by atoms with E-state index < -0.39 is 12.3 Å². The number of hydrogen-bond acceptors (Lipinski definition) is 8. The molecule has 0 aromatic heterocycles. The van der Waals surface area contributed by atoms with Crippen molar-refractivity contribution in [1.82, 2.24) is 4.90 Å². The zero-order valence-electron chi connectivity index (χ0n) is 24.5. The van der Waals surface area contributed by atoms with Crippen LogP contribution in [0.3, 0.4) is 0 Å². The second-order valence-corrected chi connectivity index (χ2v) is 10.9. The molecular formula is C33H38N2O8. The third-order valence-corrected chi connectivity index (χ3v) is 7.88. The van der Waals surface area contributed by atoms with Crippen LogP contribution in [0.25, 0.3) is 0 Å². The van der Waals surface area contributed by atoms with E-state index in [-0.39, 0.29) is 37.6 Å². The standard InChI is InChI=1S/C33H38N2O8/c1-40-29-15-23-12-13-35(18-25(23)16-30(29)41-2)19-27-17-28(22-8-6-21(20-36)7-9-22)43-33(42-27)24-4-3-5-26(14-24)34-31(37)10-11-32(38)39/h3-9,14-16,27-28,33,36H,10-13,17-20H2,1-2H3,(H,34,37)(H,38,39)/t27-,28+,33+/m0/s1. The Hall–Kier alpha value is -3.96. The second kappa shape index (κ2) is 14.0. The van der Waals surface area contributed by atoms with Crippen molar-refractivity contribution in [3.05, 3.63) is 88.5 Å². The maximum atomic E-state index is 12.3. The highest BCUT2D eigenvalue weighted by molar-refractivity contribution is 5.92. The molecule has 0 bridgehead atoms. The normalized spacial score (nSPS) is 20.2. The molecule has 1 saturated heterocycles. The van der Waals surface area contributed by atoms with Gasteiger partial charge >= 0.3 is 5.97 Å². The zero-order valence-corrected chi connectivity index (χ0v) is 24.5. The first-order valence-corrected chi connectivity index (χ1v) is 14.4. The van der Waals surface area contributed by atoms with Gasteiger partial charge in [-0.15, -0.1) is 0 Å². The molecule has 10 nitrogen and oxygen atoms in total. The van der Waals surface area contributed by atoms with Gasteiger partial charge in [-0.25, -0.2) is 0 Å². The van der Waals surface area contributed by atoms with Gasteiger partial charge in [0.15, 0.2) is 17.8 Å². The molecule has 0 spiro atoms. The number of carbonyl (C=O) groups excluding carboxylic acids is 1. The Kier molecular flexibility index (Phi) is 9.93. The molecule has 1 amide bonds. The van der Waals surface area contributed by atoms with E-state index in [2.05, 4.69) is 22.3 Å². The Morgan fingerprint density at radius 2 is 1.70 bits per heavy atom. The monoisotopic (exact) mass is 590 g/mol. The number of hydrogen-bond donors (Lipinski definition) is 3. The first-order valence-electron chi connectivity index (χ1n) is 14.4. The Balaban J connectivity index is 1.34. The lowest BCUT2D eigenvalue weighted by atomic mass is 9.97. The summed E-state index contributed by atoms with van der Waals surface area (Å²) in [4.78, 5) is 25.5.